The molecule has 0 saturated heterocycles. The molecule has 0 fully saturated rings. The number of para-hydroxylation sites is 3. The van der Waals surface area contributed by atoms with Crippen molar-refractivity contribution < 1.29 is 4.42 Å². The lowest BCUT2D eigenvalue weighted by Gasteiger charge is -2.12. The van der Waals surface area contributed by atoms with E-state index < -0.39 is 0 Å². The van der Waals surface area contributed by atoms with Gasteiger partial charge in [-0.2, -0.15) is 0 Å². The van der Waals surface area contributed by atoms with Crippen LogP contribution in [0.2, 0.25) is 0 Å². The summed E-state index contributed by atoms with van der Waals surface area (Å²) < 4.78 is 11.0. The Bertz CT molecular complexity index is 3470. The average Bonchev–Trinajstić information content (AvgIpc) is 3.94. The molecule has 0 radical (unpaired) electrons. The topological polar surface area (TPSA) is 61.7 Å². The van der Waals surface area contributed by atoms with Crippen LogP contribution in [0.4, 0.5) is 0 Å². The Morgan fingerprint density at radius 3 is 1.40 bits per heavy atom. The number of aromatic nitrogens is 5. The van der Waals surface area contributed by atoms with Crippen molar-refractivity contribution in [2.75, 3.05) is 0 Å². The Balaban J connectivity index is 1.08. The highest BCUT2D eigenvalue weighted by molar-refractivity contribution is 6.29. The Hall–Kier alpha value is -7.83. The van der Waals surface area contributed by atoms with Crippen LogP contribution < -0.4 is 0 Å². The maximum atomic E-state index is 6.22. The van der Waals surface area contributed by atoms with Crippen molar-refractivity contribution >= 4 is 65.6 Å². The highest BCUT2D eigenvalue weighted by atomic mass is 16.3. The van der Waals surface area contributed by atoms with Gasteiger partial charge in [0.1, 0.15) is 11.2 Å². The van der Waals surface area contributed by atoms with Crippen LogP contribution in [-0.2, 0) is 0 Å². The molecule has 0 aliphatic heterocycles. The van der Waals surface area contributed by atoms with Crippen LogP contribution in [0.25, 0.3) is 111 Å². The first kappa shape index (κ1) is 31.5. The van der Waals surface area contributed by atoms with E-state index in [0.717, 1.165) is 72.1 Å². The van der Waals surface area contributed by atoms with Gasteiger partial charge in [0.05, 0.1) is 22.1 Å². The molecule has 0 unspecified atom stereocenters. The molecule has 57 heavy (non-hydrogen) atoms. The summed E-state index contributed by atoms with van der Waals surface area (Å²) >= 11 is 0. The van der Waals surface area contributed by atoms with Gasteiger partial charge in [0, 0.05) is 60.4 Å². The number of rotatable bonds is 5. The summed E-state index contributed by atoms with van der Waals surface area (Å²) in [5, 5.41) is 7.07. The van der Waals surface area contributed by atoms with Crippen molar-refractivity contribution in [1.29, 1.82) is 0 Å². The van der Waals surface area contributed by atoms with Gasteiger partial charge < -0.3 is 13.6 Å². The first-order chi connectivity index (χ1) is 28.3. The minimum absolute atomic E-state index is 0.623. The molecule has 6 heteroatoms. The van der Waals surface area contributed by atoms with E-state index in [1.54, 1.807) is 0 Å². The van der Waals surface area contributed by atoms with E-state index in [2.05, 4.69) is 124 Å². The fourth-order valence-electron chi connectivity index (χ4n) is 8.65. The third-order valence-electron chi connectivity index (χ3n) is 11.2. The van der Waals surface area contributed by atoms with Gasteiger partial charge in [-0.05, 0) is 60.7 Å². The quantitative estimate of drug-likeness (QED) is 0.177. The summed E-state index contributed by atoms with van der Waals surface area (Å²) in [6.07, 6.45) is 0. The summed E-state index contributed by atoms with van der Waals surface area (Å²) in [5.41, 5.74) is 11.3. The molecule has 0 bridgehead atoms. The summed E-state index contributed by atoms with van der Waals surface area (Å²) in [4.78, 5) is 15.0. The standard InChI is InChI=1S/C51H31N5O/c1-3-14-32(15-4-1)49-52-50(33-16-5-2-6-17-33)54-51(53-49)34-18-13-19-35(30-34)55-41-23-10-7-21-38(41)47-43(55)27-28-44-48(47)39-22-8-11-24-42(39)56(44)36-26-29-46-40(31-36)37-20-9-12-25-45(37)57-46/h1-31H. The van der Waals surface area contributed by atoms with Crippen molar-refractivity contribution in [2.45, 2.75) is 0 Å². The van der Waals surface area contributed by atoms with Gasteiger partial charge in [-0.3, -0.25) is 0 Å². The van der Waals surface area contributed by atoms with Gasteiger partial charge in [0.25, 0.3) is 0 Å². The summed E-state index contributed by atoms with van der Waals surface area (Å²) in [7, 11) is 0. The third-order valence-corrected chi connectivity index (χ3v) is 11.2. The second-order valence-electron chi connectivity index (χ2n) is 14.4. The normalized spacial score (nSPS) is 11.9. The van der Waals surface area contributed by atoms with Crippen molar-refractivity contribution in [3.63, 3.8) is 0 Å². The van der Waals surface area contributed by atoms with Crippen LogP contribution in [0.3, 0.4) is 0 Å². The molecular formula is C51H31N5O. The van der Waals surface area contributed by atoms with Crippen LogP contribution in [0.5, 0.6) is 0 Å². The van der Waals surface area contributed by atoms with Gasteiger partial charge in [0.2, 0.25) is 0 Å². The van der Waals surface area contributed by atoms with E-state index in [0.29, 0.717) is 17.5 Å². The maximum Gasteiger partial charge on any atom is 0.164 e. The van der Waals surface area contributed by atoms with Crippen LogP contribution in [0, 0.1) is 0 Å². The number of hydrogen-bond acceptors (Lipinski definition) is 4. The van der Waals surface area contributed by atoms with E-state index >= 15 is 0 Å². The highest BCUT2D eigenvalue weighted by Gasteiger charge is 2.21. The smallest absolute Gasteiger partial charge is 0.164 e. The molecule has 0 aliphatic rings. The molecular weight excluding hydrogens is 699 g/mol. The number of hydrogen-bond donors (Lipinski definition) is 0. The van der Waals surface area contributed by atoms with Crippen LogP contribution in [0.1, 0.15) is 0 Å². The number of benzene rings is 8. The van der Waals surface area contributed by atoms with Gasteiger partial charge in [0.15, 0.2) is 17.5 Å². The lowest BCUT2D eigenvalue weighted by atomic mass is 10.1. The molecule has 6 nitrogen and oxygen atoms in total. The van der Waals surface area contributed by atoms with Crippen LogP contribution >= 0.6 is 0 Å². The molecule has 0 aliphatic carbocycles. The SMILES string of the molecule is c1ccc(-c2nc(-c3ccccc3)nc(-c3cccc(-n4c5ccccc5c5c6c7ccccc7n(-c7ccc8oc9ccccc9c8c7)c6ccc54)c3)n2)cc1. The average molecular weight is 730 g/mol. The van der Waals surface area contributed by atoms with Gasteiger partial charge in [-0.1, -0.05) is 127 Å². The zero-order valence-corrected chi connectivity index (χ0v) is 30.5. The van der Waals surface area contributed by atoms with E-state index in [-0.39, 0.29) is 0 Å². The fraction of sp³-hybridized carbons (Fsp3) is 0. The Labute approximate surface area is 326 Å². The second kappa shape index (κ2) is 12.3. The molecule has 8 aromatic carbocycles. The first-order valence-electron chi connectivity index (χ1n) is 19.1. The predicted molar refractivity (Wildman–Crippen MR) is 232 cm³/mol. The van der Waals surface area contributed by atoms with Gasteiger partial charge >= 0.3 is 0 Å². The summed E-state index contributed by atoms with van der Waals surface area (Å²) in [5.74, 6) is 1.90. The zero-order valence-electron chi connectivity index (χ0n) is 30.5. The third kappa shape index (κ3) is 4.87. The molecule has 12 rings (SSSR count). The largest absolute Gasteiger partial charge is 0.456 e. The first-order valence-corrected chi connectivity index (χ1v) is 19.1. The number of nitrogens with zero attached hydrogens (tertiary/aromatic N) is 5. The van der Waals surface area contributed by atoms with E-state index in [1.165, 1.54) is 21.5 Å². The second-order valence-corrected chi connectivity index (χ2v) is 14.4. The molecule has 0 spiro atoms. The number of fused-ring (bicyclic) bond motifs is 10. The van der Waals surface area contributed by atoms with Crippen LogP contribution in [-0.4, -0.2) is 24.1 Å². The van der Waals surface area contributed by atoms with Crippen molar-refractivity contribution in [1.82, 2.24) is 24.1 Å². The van der Waals surface area contributed by atoms with Crippen LogP contribution in [0.15, 0.2) is 192 Å². The Morgan fingerprint density at radius 2 is 0.789 bits per heavy atom. The monoisotopic (exact) mass is 729 g/mol. The lowest BCUT2D eigenvalue weighted by Crippen LogP contribution is -2.01. The van der Waals surface area contributed by atoms with Gasteiger partial charge in [-0.25, -0.2) is 15.0 Å². The minimum atomic E-state index is 0.623. The molecule has 0 amide bonds. The Kier molecular flexibility index (Phi) is 6.83. The van der Waals surface area contributed by atoms with Crippen molar-refractivity contribution in [3.05, 3.63) is 188 Å². The number of furan rings is 1. The molecule has 266 valence electrons. The summed E-state index contributed by atoms with van der Waals surface area (Å²) in [6.45, 7) is 0. The molecule has 0 saturated carbocycles. The van der Waals surface area contributed by atoms with E-state index in [1.807, 2.05) is 72.8 Å². The summed E-state index contributed by atoms with van der Waals surface area (Å²) in [6, 6.07) is 65.6. The van der Waals surface area contributed by atoms with E-state index in [9.17, 15) is 0 Å². The van der Waals surface area contributed by atoms with Crippen molar-refractivity contribution in [2.24, 2.45) is 0 Å². The fourth-order valence-corrected chi connectivity index (χ4v) is 8.65. The molecule has 4 heterocycles. The Morgan fingerprint density at radius 1 is 0.316 bits per heavy atom. The molecule has 12 aromatic rings. The maximum absolute atomic E-state index is 6.22. The van der Waals surface area contributed by atoms with Crippen molar-refractivity contribution in [3.8, 4) is 45.5 Å². The molecule has 0 atom stereocenters. The minimum Gasteiger partial charge on any atom is -0.456 e. The molecule has 4 aromatic heterocycles. The predicted octanol–water partition coefficient (Wildman–Crippen LogP) is 13.0. The lowest BCUT2D eigenvalue weighted by molar-refractivity contribution is 0.669. The highest BCUT2D eigenvalue weighted by Crippen LogP contribution is 2.43. The zero-order chi connectivity index (χ0) is 37.5. The molecule has 0 N–H and O–H groups in total. The van der Waals surface area contributed by atoms with Gasteiger partial charge in [-0.15, -0.1) is 0 Å². The van der Waals surface area contributed by atoms with E-state index in [4.69, 9.17) is 19.4 Å².